The maximum Gasteiger partial charge on any atom is 0.325 e. The van der Waals surface area contributed by atoms with Crippen LogP contribution in [-0.2, 0) is 14.3 Å². The van der Waals surface area contributed by atoms with Crippen LogP contribution in [0.1, 0.15) is 27.2 Å². The lowest BCUT2D eigenvalue weighted by atomic mass is 10.2. The maximum atomic E-state index is 11.8. The van der Waals surface area contributed by atoms with Crippen LogP contribution in [0.3, 0.4) is 0 Å². The number of hydrogen-bond acceptors (Lipinski definition) is 3. The van der Waals surface area contributed by atoms with Crippen molar-refractivity contribution < 1.29 is 14.3 Å². The predicted molar refractivity (Wildman–Crippen MR) is 63.4 cm³/mol. The fourth-order valence-corrected chi connectivity index (χ4v) is 1.41. The van der Waals surface area contributed by atoms with Gasteiger partial charge in [-0.25, -0.2) is 0 Å². The number of rotatable bonds is 7. The Hall–Kier alpha value is -0.770. The van der Waals surface area contributed by atoms with E-state index >= 15 is 0 Å². The Morgan fingerprint density at radius 1 is 1.38 bits per heavy atom. The Labute approximate surface area is 102 Å². The highest BCUT2D eigenvalue weighted by Gasteiger charge is 2.21. The molecule has 5 heteroatoms. The largest absolute Gasteiger partial charge is 0.465 e. The zero-order valence-electron chi connectivity index (χ0n) is 10.2. The van der Waals surface area contributed by atoms with Crippen molar-refractivity contribution in [3.05, 3.63) is 0 Å². The number of alkyl halides is 1. The normalized spacial score (nSPS) is 12.0. The summed E-state index contributed by atoms with van der Waals surface area (Å²) in [6.45, 7) is 6.35. The van der Waals surface area contributed by atoms with E-state index in [0.29, 0.717) is 13.2 Å². The van der Waals surface area contributed by atoms with E-state index in [0.717, 1.165) is 6.42 Å². The molecule has 0 fully saturated rings. The summed E-state index contributed by atoms with van der Waals surface area (Å²) in [5.74, 6) is -0.458. The van der Waals surface area contributed by atoms with Gasteiger partial charge in [-0.3, -0.25) is 9.59 Å². The molecule has 0 saturated carbocycles. The van der Waals surface area contributed by atoms with Crippen molar-refractivity contribution >= 4 is 23.5 Å². The Bertz CT molecular complexity index is 233. The van der Waals surface area contributed by atoms with Gasteiger partial charge in [-0.15, -0.1) is 11.6 Å². The van der Waals surface area contributed by atoms with E-state index in [-0.39, 0.29) is 30.2 Å². The zero-order chi connectivity index (χ0) is 12.6. The molecule has 16 heavy (non-hydrogen) atoms. The van der Waals surface area contributed by atoms with Gasteiger partial charge in [0.2, 0.25) is 5.91 Å². The Morgan fingerprint density at radius 2 is 2.00 bits per heavy atom. The second-order valence-corrected chi connectivity index (χ2v) is 3.93. The first-order valence-electron chi connectivity index (χ1n) is 5.57. The van der Waals surface area contributed by atoms with Crippen LogP contribution in [0.4, 0.5) is 0 Å². The third-order valence-corrected chi connectivity index (χ3v) is 2.55. The van der Waals surface area contributed by atoms with Crippen LogP contribution in [0.5, 0.6) is 0 Å². The second-order valence-electron chi connectivity index (χ2n) is 3.62. The number of hydrogen-bond donors (Lipinski definition) is 0. The van der Waals surface area contributed by atoms with Crippen LogP contribution in [0.2, 0.25) is 0 Å². The summed E-state index contributed by atoms with van der Waals surface area (Å²) in [6, 6.07) is 0. The van der Waals surface area contributed by atoms with Gasteiger partial charge < -0.3 is 9.64 Å². The van der Waals surface area contributed by atoms with E-state index < -0.39 is 0 Å². The monoisotopic (exact) mass is 249 g/mol. The smallest absolute Gasteiger partial charge is 0.325 e. The van der Waals surface area contributed by atoms with E-state index in [1.54, 1.807) is 13.8 Å². The van der Waals surface area contributed by atoms with Crippen molar-refractivity contribution in [3.63, 3.8) is 0 Å². The molecule has 0 aliphatic rings. The molecule has 0 rings (SSSR count). The molecule has 0 spiro atoms. The van der Waals surface area contributed by atoms with E-state index in [2.05, 4.69) is 0 Å². The third-order valence-electron chi connectivity index (χ3n) is 2.08. The first-order valence-corrected chi connectivity index (χ1v) is 6.10. The molecule has 0 N–H and O–H groups in total. The average Bonchev–Trinajstić information content (AvgIpc) is 2.26. The fraction of sp³-hybridized carbons (Fsp3) is 0.818. The first-order chi connectivity index (χ1) is 7.56. The Kier molecular flexibility index (Phi) is 7.99. The molecular formula is C11H20ClNO3. The van der Waals surface area contributed by atoms with Gasteiger partial charge in [0.1, 0.15) is 6.54 Å². The number of carbonyl (C=O) groups excluding carboxylic acids is 2. The van der Waals surface area contributed by atoms with Gasteiger partial charge in [0, 0.05) is 18.3 Å². The average molecular weight is 250 g/mol. The zero-order valence-corrected chi connectivity index (χ0v) is 10.9. The van der Waals surface area contributed by atoms with E-state index in [1.165, 1.54) is 4.90 Å². The molecule has 94 valence electrons. The van der Waals surface area contributed by atoms with Gasteiger partial charge in [-0.05, 0) is 13.3 Å². The molecule has 0 aromatic carbocycles. The fourth-order valence-electron chi connectivity index (χ4n) is 1.28. The lowest BCUT2D eigenvalue weighted by molar-refractivity contribution is -0.149. The summed E-state index contributed by atoms with van der Waals surface area (Å²) >= 11 is 5.63. The molecule has 0 bridgehead atoms. The number of esters is 1. The molecule has 0 aromatic rings. The molecule has 4 nitrogen and oxygen atoms in total. The number of nitrogens with zero attached hydrogens (tertiary/aromatic N) is 1. The highest BCUT2D eigenvalue weighted by atomic mass is 35.5. The van der Waals surface area contributed by atoms with Crippen LogP contribution in [-0.4, -0.2) is 42.4 Å². The summed E-state index contributed by atoms with van der Waals surface area (Å²) in [6.07, 6.45) is 0.806. The highest BCUT2D eigenvalue weighted by molar-refractivity contribution is 6.19. The molecule has 0 radical (unpaired) electrons. The van der Waals surface area contributed by atoms with Crippen molar-refractivity contribution in [2.75, 3.05) is 25.6 Å². The number of amides is 1. The molecule has 0 saturated heterocycles. The Balaban J connectivity index is 4.36. The summed E-state index contributed by atoms with van der Waals surface area (Å²) < 4.78 is 4.82. The molecule has 0 aliphatic heterocycles. The van der Waals surface area contributed by atoms with Crippen LogP contribution >= 0.6 is 11.6 Å². The SMILES string of the molecule is CCCN(CC(=O)OCC)C(=O)C(C)CCl. The number of ether oxygens (including phenoxy) is 1. The molecule has 1 amide bonds. The third kappa shape index (κ3) is 5.35. The maximum absolute atomic E-state index is 11.8. The summed E-state index contributed by atoms with van der Waals surface area (Å²) in [4.78, 5) is 24.6. The van der Waals surface area contributed by atoms with Crippen molar-refractivity contribution in [2.45, 2.75) is 27.2 Å². The van der Waals surface area contributed by atoms with Gasteiger partial charge in [0.25, 0.3) is 0 Å². The van der Waals surface area contributed by atoms with Gasteiger partial charge in [-0.2, -0.15) is 0 Å². The minimum atomic E-state index is -0.369. The Morgan fingerprint density at radius 3 is 2.44 bits per heavy atom. The van der Waals surface area contributed by atoms with Gasteiger partial charge in [0.05, 0.1) is 6.61 Å². The van der Waals surface area contributed by atoms with E-state index in [9.17, 15) is 9.59 Å². The molecule has 0 heterocycles. The van der Waals surface area contributed by atoms with Crippen molar-refractivity contribution in [1.82, 2.24) is 4.90 Å². The molecule has 0 aromatic heterocycles. The van der Waals surface area contributed by atoms with Crippen molar-refractivity contribution in [2.24, 2.45) is 5.92 Å². The lowest BCUT2D eigenvalue weighted by Crippen LogP contribution is -2.40. The summed E-state index contributed by atoms with van der Waals surface area (Å²) in [5.41, 5.74) is 0. The molecular weight excluding hydrogens is 230 g/mol. The first kappa shape index (κ1) is 15.2. The van der Waals surface area contributed by atoms with Crippen LogP contribution in [0.15, 0.2) is 0 Å². The molecule has 1 atom stereocenters. The summed E-state index contributed by atoms with van der Waals surface area (Å²) in [7, 11) is 0. The lowest BCUT2D eigenvalue weighted by Gasteiger charge is -2.23. The van der Waals surface area contributed by atoms with Crippen LogP contribution in [0, 0.1) is 5.92 Å². The van der Waals surface area contributed by atoms with E-state index in [4.69, 9.17) is 16.3 Å². The number of halogens is 1. The van der Waals surface area contributed by atoms with Gasteiger partial charge >= 0.3 is 5.97 Å². The van der Waals surface area contributed by atoms with Crippen LogP contribution in [0.25, 0.3) is 0 Å². The topological polar surface area (TPSA) is 46.6 Å². The van der Waals surface area contributed by atoms with Gasteiger partial charge in [0.15, 0.2) is 0 Å². The summed E-state index contributed by atoms with van der Waals surface area (Å²) in [5, 5.41) is 0. The quantitative estimate of drug-likeness (QED) is 0.509. The van der Waals surface area contributed by atoms with E-state index in [1.807, 2.05) is 6.92 Å². The molecule has 1 unspecified atom stereocenters. The second kappa shape index (κ2) is 8.39. The van der Waals surface area contributed by atoms with Crippen molar-refractivity contribution in [1.29, 1.82) is 0 Å². The standard InChI is InChI=1S/C11H20ClNO3/c1-4-6-13(8-10(14)16-5-2)11(15)9(3)7-12/h9H,4-8H2,1-3H3. The van der Waals surface area contributed by atoms with Gasteiger partial charge in [-0.1, -0.05) is 13.8 Å². The van der Waals surface area contributed by atoms with Crippen LogP contribution < -0.4 is 0 Å². The molecule has 0 aliphatic carbocycles. The highest BCUT2D eigenvalue weighted by Crippen LogP contribution is 2.06. The number of carbonyl (C=O) groups is 2. The predicted octanol–water partition coefficient (Wildman–Crippen LogP) is 1.66. The minimum Gasteiger partial charge on any atom is -0.465 e. The van der Waals surface area contributed by atoms with Crippen molar-refractivity contribution in [3.8, 4) is 0 Å². The minimum absolute atomic E-state index is 0.0156.